The highest BCUT2D eigenvalue weighted by Gasteiger charge is 2.34. The van der Waals surface area contributed by atoms with Crippen molar-refractivity contribution in [2.75, 3.05) is 13.1 Å². The van der Waals surface area contributed by atoms with Crippen LogP contribution in [0.3, 0.4) is 0 Å². The van der Waals surface area contributed by atoms with Crippen LogP contribution in [0.2, 0.25) is 0 Å². The largest absolute Gasteiger partial charge is 0.444 e. The van der Waals surface area contributed by atoms with Crippen molar-refractivity contribution in [1.29, 1.82) is 0 Å². The van der Waals surface area contributed by atoms with Gasteiger partial charge in [-0.3, -0.25) is 14.2 Å². The fraction of sp³-hybridized carbons (Fsp3) is 0.486. The van der Waals surface area contributed by atoms with Gasteiger partial charge in [0.25, 0.3) is 11.5 Å². The van der Waals surface area contributed by atoms with Gasteiger partial charge in [0.15, 0.2) is 0 Å². The van der Waals surface area contributed by atoms with Gasteiger partial charge in [-0.05, 0) is 70.6 Å². The monoisotopic (exact) mass is 586 g/mol. The SMILES string of the molecule is Cc1ccc(C(=O)N(CCCNC(=O)OC(C)(C)C)C(c2nc3n(c(=O)c2Cc2ccccc2)CCCC3)C(C)C)cc1. The zero-order valence-electron chi connectivity index (χ0n) is 26.5. The average Bonchev–Trinajstić information content (AvgIpc) is 2.96. The number of aromatic nitrogens is 2. The lowest BCUT2D eigenvalue weighted by Crippen LogP contribution is -2.42. The van der Waals surface area contributed by atoms with E-state index in [9.17, 15) is 14.4 Å². The van der Waals surface area contributed by atoms with Gasteiger partial charge in [0.05, 0.1) is 11.7 Å². The molecule has 0 radical (unpaired) electrons. The van der Waals surface area contributed by atoms with Crippen LogP contribution in [0.25, 0.3) is 0 Å². The second-order valence-corrected chi connectivity index (χ2v) is 12.8. The number of carbonyl (C=O) groups excluding carboxylic acids is 2. The summed E-state index contributed by atoms with van der Waals surface area (Å²) in [6.45, 7) is 13.0. The second-order valence-electron chi connectivity index (χ2n) is 12.8. The Morgan fingerprint density at radius 2 is 1.74 bits per heavy atom. The molecule has 0 saturated carbocycles. The first-order chi connectivity index (χ1) is 20.4. The second kappa shape index (κ2) is 14.0. The van der Waals surface area contributed by atoms with Crippen LogP contribution in [0.1, 0.15) is 98.5 Å². The zero-order chi connectivity index (χ0) is 31.1. The molecule has 43 heavy (non-hydrogen) atoms. The molecule has 2 heterocycles. The summed E-state index contributed by atoms with van der Waals surface area (Å²) in [5, 5.41) is 2.81. The van der Waals surface area contributed by atoms with Crippen molar-refractivity contribution in [2.24, 2.45) is 5.92 Å². The predicted molar refractivity (Wildman–Crippen MR) is 169 cm³/mol. The van der Waals surface area contributed by atoms with Crippen LogP contribution < -0.4 is 10.9 Å². The van der Waals surface area contributed by atoms with Crippen LogP contribution in [0.15, 0.2) is 59.4 Å². The molecule has 2 aromatic carbocycles. The molecule has 0 bridgehead atoms. The van der Waals surface area contributed by atoms with Gasteiger partial charge < -0.3 is 15.0 Å². The average molecular weight is 587 g/mol. The van der Waals surface area contributed by atoms with Gasteiger partial charge in [0, 0.05) is 43.6 Å². The molecule has 3 aromatic rings. The standard InChI is InChI=1S/C35H46N4O4/c1-24(2)31(30-28(23-26-13-8-7-9-14-26)33(41)38-21-11-10-15-29(38)37-30)39(32(40)27-18-16-25(3)17-19-27)22-12-20-36-34(42)43-35(4,5)6/h7-9,13-14,16-19,24,31H,10-12,15,20-23H2,1-6H3,(H,36,42). The lowest BCUT2D eigenvalue weighted by Gasteiger charge is -2.36. The molecule has 2 amide bonds. The Morgan fingerprint density at radius 1 is 1.05 bits per heavy atom. The predicted octanol–water partition coefficient (Wildman–Crippen LogP) is 6.23. The molecule has 8 heteroatoms. The van der Waals surface area contributed by atoms with Gasteiger partial charge >= 0.3 is 6.09 Å². The van der Waals surface area contributed by atoms with E-state index in [2.05, 4.69) is 19.2 Å². The Kier molecular flexibility index (Phi) is 10.4. The molecule has 0 aliphatic carbocycles. The van der Waals surface area contributed by atoms with E-state index < -0.39 is 17.7 Å². The van der Waals surface area contributed by atoms with Crippen LogP contribution in [-0.2, 0) is 24.1 Å². The van der Waals surface area contributed by atoms with E-state index >= 15 is 0 Å². The van der Waals surface area contributed by atoms with Gasteiger partial charge in [-0.2, -0.15) is 0 Å². The van der Waals surface area contributed by atoms with E-state index in [0.29, 0.717) is 49.3 Å². The molecule has 1 atom stereocenters. The number of alkyl carbamates (subject to hydrolysis) is 1. The summed E-state index contributed by atoms with van der Waals surface area (Å²) in [6.07, 6.45) is 3.15. The highest BCUT2D eigenvalue weighted by atomic mass is 16.6. The molecule has 0 spiro atoms. The minimum Gasteiger partial charge on any atom is -0.444 e. The molecule has 230 valence electrons. The Balaban J connectivity index is 1.75. The number of nitrogens with zero attached hydrogens (tertiary/aromatic N) is 3. The van der Waals surface area contributed by atoms with E-state index in [1.165, 1.54) is 0 Å². The van der Waals surface area contributed by atoms with E-state index in [0.717, 1.165) is 36.2 Å². The maximum absolute atomic E-state index is 14.2. The fourth-order valence-corrected chi connectivity index (χ4v) is 5.65. The smallest absolute Gasteiger partial charge is 0.407 e. The summed E-state index contributed by atoms with van der Waals surface area (Å²) >= 11 is 0. The first kappa shape index (κ1) is 32.0. The minimum absolute atomic E-state index is 0.0106. The van der Waals surface area contributed by atoms with Crippen LogP contribution in [-0.4, -0.2) is 45.1 Å². The normalized spacial score (nSPS) is 13.7. The van der Waals surface area contributed by atoms with E-state index in [1.807, 2.05) is 91.8 Å². The van der Waals surface area contributed by atoms with Gasteiger partial charge in [-0.1, -0.05) is 61.9 Å². The number of rotatable bonds is 10. The van der Waals surface area contributed by atoms with E-state index in [1.54, 1.807) is 0 Å². The van der Waals surface area contributed by atoms with E-state index in [-0.39, 0.29) is 17.4 Å². The lowest BCUT2D eigenvalue weighted by atomic mass is 9.91. The number of hydrogen-bond donors (Lipinski definition) is 1. The maximum Gasteiger partial charge on any atom is 0.407 e. The third-order valence-electron chi connectivity index (χ3n) is 7.68. The van der Waals surface area contributed by atoms with Gasteiger partial charge in [0.2, 0.25) is 0 Å². The number of carbonyl (C=O) groups is 2. The summed E-state index contributed by atoms with van der Waals surface area (Å²) < 4.78 is 7.22. The summed E-state index contributed by atoms with van der Waals surface area (Å²) in [4.78, 5) is 47.6. The van der Waals surface area contributed by atoms with Crippen molar-refractivity contribution in [3.63, 3.8) is 0 Å². The Morgan fingerprint density at radius 3 is 2.40 bits per heavy atom. The van der Waals surface area contributed by atoms with Gasteiger partial charge in [-0.25, -0.2) is 9.78 Å². The van der Waals surface area contributed by atoms with Crippen molar-refractivity contribution >= 4 is 12.0 Å². The maximum atomic E-state index is 14.2. The van der Waals surface area contributed by atoms with Crippen LogP contribution in [0.5, 0.6) is 0 Å². The highest BCUT2D eigenvalue weighted by molar-refractivity contribution is 5.94. The molecule has 0 saturated heterocycles. The summed E-state index contributed by atoms with van der Waals surface area (Å²) in [7, 11) is 0. The van der Waals surface area contributed by atoms with E-state index in [4.69, 9.17) is 9.72 Å². The highest BCUT2D eigenvalue weighted by Crippen LogP contribution is 2.32. The number of aryl methyl sites for hydroxylation is 2. The number of nitrogens with one attached hydrogen (secondary N) is 1. The van der Waals surface area contributed by atoms with Gasteiger partial charge in [-0.15, -0.1) is 0 Å². The molecule has 4 rings (SSSR count). The Hall–Kier alpha value is -3.94. The molecule has 1 aromatic heterocycles. The quantitative estimate of drug-likeness (QED) is 0.284. The van der Waals surface area contributed by atoms with Crippen LogP contribution >= 0.6 is 0 Å². The number of amides is 2. The first-order valence-electron chi connectivity index (χ1n) is 15.5. The zero-order valence-corrected chi connectivity index (χ0v) is 26.5. The topological polar surface area (TPSA) is 93.5 Å². The third-order valence-corrected chi connectivity index (χ3v) is 7.68. The molecular formula is C35H46N4O4. The summed E-state index contributed by atoms with van der Waals surface area (Å²) in [5.74, 6) is 0.644. The first-order valence-corrected chi connectivity index (χ1v) is 15.5. The molecule has 1 unspecified atom stereocenters. The van der Waals surface area contributed by atoms with Gasteiger partial charge in [0.1, 0.15) is 11.4 Å². The Bertz CT molecular complexity index is 1460. The minimum atomic E-state index is -0.596. The number of fused-ring (bicyclic) bond motifs is 1. The molecule has 1 N–H and O–H groups in total. The van der Waals surface area contributed by atoms with Crippen molar-refractivity contribution in [3.05, 3.63) is 98.7 Å². The molecule has 1 aliphatic rings. The fourth-order valence-electron chi connectivity index (χ4n) is 5.65. The van der Waals surface area contributed by atoms with Crippen molar-refractivity contribution in [3.8, 4) is 0 Å². The third kappa shape index (κ3) is 8.33. The van der Waals surface area contributed by atoms with Crippen molar-refractivity contribution in [2.45, 2.75) is 91.8 Å². The molecule has 1 aliphatic heterocycles. The number of hydrogen-bond acceptors (Lipinski definition) is 5. The number of ether oxygens (including phenoxy) is 1. The molecular weight excluding hydrogens is 540 g/mol. The van der Waals surface area contributed by atoms with Crippen molar-refractivity contribution in [1.82, 2.24) is 19.8 Å². The summed E-state index contributed by atoms with van der Waals surface area (Å²) in [5.41, 5.74) is 3.39. The lowest BCUT2D eigenvalue weighted by molar-refractivity contribution is 0.0520. The number of benzene rings is 2. The molecule has 0 fully saturated rings. The Labute approximate surface area is 255 Å². The molecule has 8 nitrogen and oxygen atoms in total. The van der Waals surface area contributed by atoms with Crippen LogP contribution in [0.4, 0.5) is 4.79 Å². The van der Waals surface area contributed by atoms with Crippen LogP contribution in [0, 0.1) is 12.8 Å². The summed E-state index contributed by atoms with van der Waals surface area (Å²) in [6, 6.07) is 17.1. The van der Waals surface area contributed by atoms with Crippen molar-refractivity contribution < 1.29 is 14.3 Å².